The van der Waals surface area contributed by atoms with Gasteiger partial charge in [0.25, 0.3) is 5.91 Å². The molecule has 1 atom stereocenters. The quantitative estimate of drug-likeness (QED) is 0.705. The molecule has 0 N–H and O–H groups in total. The van der Waals surface area contributed by atoms with E-state index in [1.807, 2.05) is 35.2 Å². The Bertz CT molecular complexity index is 877. The van der Waals surface area contributed by atoms with Crippen molar-refractivity contribution in [1.29, 1.82) is 0 Å². The van der Waals surface area contributed by atoms with Gasteiger partial charge in [-0.25, -0.2) is 0 Å². The largest absolute Gasteiger partial charge is 0.480 e. The lowest BCUT2D eigenvalue weighted by atomic mass is 10.1. The summed E-state index contributed by atoms with van der Waals surface area (Å²) in [7, 11) is 1.54. The van der Waals surface area contributed by atoms with Gasteiger partial charge < -0.3 is 14.4 Å². The van der Waals surface area contributed by atoms with Gasteiger partial charge in [0, 0.05) is 23.4 Å². The SMILES string of the molecule is COc1ccc(OC2CCCN(C(=O)c3cc4ccccc4s3)C2)nn1. The maximum absolute atomic E-state index is 12.9. The lowest BCUT2D eigenvalue weighted by Crippen LogP contribution is -2.44. The molecular weight excluding hydrogens is 350 g/mol. The Morgan fingerprint density at radius 3 is 2.77 bits per heavy atom. The molecular formula is C19H19N3O3S. The first-order valence-corrected chi connectivity index (χ1v) is 9.37. The first kappa shape index (κ1) is 16.8. The van der Waals surface area contributed by atoms with Crippen LogP contribution in [0.4, 0.5) is 0 Å². The Kier molecular flexibility index (Phi) is 4.71. The Morgan fingerprint density at radius 1 is 1.19 bits per heavy atom. The Labute approximate surface area is 155 Å². The summed E-state index contributed by atoms with van der Waals surface area (Å²) in [6, 6.07) is 13.5. The molecule has 0 radical (unpaired) electrons. The lowest BCUT2D eigenvalue weighted by Gasteiger charge is -2.32. The van der Waals surface area contributed by atoms with E-state index in [0.717, 1.165) is 34.3 Å². The number of ether oxygens (including phenoxy) is 2. The molecule has 1 unspecified atom stereocenters. The summed E-state index contributed by atoms with van der Waals surface area (Å²) in [6.07, 6.45) is 1.72. The van der Waals surface area contributed by atoms with Crippen LogP contribution >= 0.6 is 11.3 Å². The number of hydrogen-bond acceptors (Lipinski definition) is 6. The van der Waals surface area contributed by atoms with Crippen molar-refractivity contribution < 1.29 is 14.3 Å². The number of thiophene rings is 1. The van der Waals surface area contributed by atoms with Crippen LogP contribution in [0.15, 0.2) is 42.5 Å². The molecule has 3 heterocycles. The second kappa shape index (κ2) is 7.29. The predicted octanol–water partition coefficient (Wildman–Crippen LogP) is 3.38. The second-order valence-electron chi connectivity index (χ2n) is 6.20. The van der Waals surface area contributed by atoms with E-state index in [-0.39, 0.29) is 12.0 Å². The van der Waals surface area contributed by atoms with Crippen molar-refractivity contribution in [3.05, 3.63) is 47.3 Å². The van der Waals surface area contributed by atoms with Gasteiger partial charge in [0.2, 0.25) is 11.8 Å². The number of amides is 1. The van der Waals surface area contributed by atoms with Crippen LogP contribution in [0.2, 0.25) is 0 Å². The molecule has 7 heteroatoms. The predicted molar refractivity (Wildman–Crippen MR) is 100.0 cm³/mol. The minimum Gasteiger partial charge on any atom is -0.480 e. The summed E-state index contributed by atoms with van der Waals surface area (Å²) in [5.41, 5.74) is 0. The highest BCUT2D eigenvalue weighted by Gasteiger charge is 2.27. The summed E-state index contributed by atoms with van der Waals surface area (Å²) >= 11 is 1.54. The zero-order valence-corrected chi connectivity index (χ0v) is 15.2. The highest BCUT2D eigenvalue weighted by molar-refractivity contribution is 7.20. The fourth-order valence-electron chi connectivity index (χ4n) is 3.11. The first-order valence-electron chi connectivity index (χ1n) is 8.55. The van der Waals surface area contributed by atoms with Crippen LogP contribution in [0.3, 0.4) is 0 Å². The molecule has 1 saturated heterocycles. The van der Waals surface area contributed by atoms with Gasteiger partial charge in [-0.05, 0) is 30.4 Å². The smallest absolute Gasteiger partial charge is 0.264 e. The van der Waals surface area contributed by atoms with E-state index in [4.69, 9.17) is 9.47 Å². The number of carbonyl (C=O) groups is 1. The van der Waals surface area contributed by atoms with E-state index < -0.39 is 0 Å². The molecule has 1 amide bonds. The van der Waals surface area contributed by atoms with E-state index in [1.54, 1.807) is 30.6 Å². The number of rotatable bonds is 4. The number of likely N-dealkylation sites (tertiary alicyclic amines) is 1. The lowest BCUT2D eigenvalue weighted by molar-refractivity contribution is 0.0529. The van der Waals surface area contributed by atoms with Gasteiger partial charge in [-0.1, -0.05) is 18.2 Å². The first-order chi connectivity index (χ1) is 12.7. The molecule has 3 aromatic rings. The molecule has 0 aliphatic carbocycles. The molecule has 0 saturated carbocycles. The number of benzene rings is 1. The molecule has 1 aliphatic heterocycles. The number of fused-ring (bicyclic) bond motifs is 1. The molecule has 134 valence electrons. The molecule has 0 spiro atoms. The number of carbonyl (C=O) groups excluding carboxylic acids is 1. The normalized spacial score (nSPS) is 17.3. The van der Waals surface area contributed by atoms with E-state index in [9.17, 15) is 4.79 Å². The Balaban J connectivity index is 1.44. The van der Waals surface area contributed by atoms with Crippen LogP contribution < -0.4 is 9.47 Å². The third-order valence-corrected chi connectivity index (χ3v) is 5.52. The van der Waals surface area contributed by atoms with Crippen molar-refractivity contribution in [2.75, 3.05) is 20.2 Å². The summed E-state index contributed by atoms with van der Waals surface area (Å²) < 4.78 is 12.0. The van der Waals surface area contributed by atoms with Crippen LogP contribution in [-0.4, -0.2) is 47.3 Å². The summed E-state index contributed by atoms with van der Waals surface area (Å²) in [4.78, 5) is 15.5. The van der Waals surface area contributed by atoms with Crippen molar-refractivity contribution in [2.24, 2.45) is 0 Å². The van der Waals surface area contributed by atoms with Crippen LogP contribution in [0.1, 0.15) is 22.5 Å². The zero-order chi connectivity index (χ0) is 17.9. The zero-order valence-electron chi connectivity index (χ0n) is 14.4. The van der Waals surface area contributed by atoms with Gasteiger partial charge in [-0.3, -0.25) is 4.79 Å². The van der Waals surface area contributed by atoms with E-state index >= 15 is 0 Å². The number of hydrogen-bond donors (Lipinski definition) is 0. The van der Waals surface area contributed by atoms with Crippen molar-refractivity contribution in [3.8, 4) is 11.8 Å². The minimum atomic E-state index is -0.0789. The van der Waals surface area contributed by atoms with Gasteiger partial charge in [-0.15, -0.1) is 21.5 Å². The van der Waals surface area contributed by atoms with Crippen LogP contribution in [0, 0.1) is 0 Å². The van der Waals surface area contributed by atoms with Crippen molar-refractivity contribution in [3.63, 3.8) is 0 Å². The van der Waals surface area contributed by atoms with E-state index in [1.165, 1.54) is 0 Å². The molecule has 4 rings (SSSR count). The number of piperidine rings is 1. The van der Waals surface area contributed by atoms with Crippen molar-refractivity contribution in [1.82, 2.24) is 15.1 Å². The monoisotopic (exact) mass is 369 g/mol. The topological polar surface area (TPSA) is 64.6 Å². The average molecular weight is 369 g/mol. The minimum absolute atomic E-state index is 0.0697. The number of nitrogens with zero attached hydrogens (tertiary/aromatic N) is 3. The maximum Gasteiger partial charge on any atom is 0.264 e. The van der Waals surface area contributed by atoms with Crippen LogP contribution in [0.25, 0.3) is 10.1 Å². The molecule has 2 aromatic heterocycles. The molecule has 26 heavy (non-hydrogen) atoms. The van der Waals surface area contributed by atoms with Gasteiger partial charge in [0.05, 0.1) is 18.5 Å². The average Bonchev–Trinajstić information content (AvgIpc) is 3.12. The molecule has 1 aromatic carbocycles. The number of methoxy groups -OCH3 is 1. The van der Waals surface area contributed by atoms with Gasteiger partial charge in [-0.2, -0.15) is 0 Å². The molecule has 6 nitrogen and oxygen atoms in total. The van der Waals surface area contributed by atoms with Crippen LogP contribution in [0.5, 0.6) is 11.8 Å². The molecule has 1 fully saturated rings. The third-order valence-electron chi connectivity index (χ3n) is 4.41. The highest BCUT2D eigenvalue weighted by atomic mass is 32.1. The molecule has 0 bridgehead atoms. The van der Waals surface area contributed by atoms with E-state index in [2.05, 4.69) is 10.2 Å². The fourth-order valence-corrected chi connectivity index (χ4v) is 4.14. The van der Waals surface area contributed by atoms with Crippen molar-refractivity contribution in [2.45, 2.75) is 18.9 Å². The fraction of sp³-hybridized carbons (Fsp3) is 0.316. The van der Waals surface area contributed by atoms with Gasteiger partial charge in [0.15, 0.2) is 0 Å². The number of aromatic nitrogens is 2. The third kappa shape index (κ3) is 3.48. The highest BCUT2D eigenvalue weighted by Crippen LogP contribution is 2.27. The standard InChI is InChI=1S/C19H19N3O3S/c1-24-17-8-9-18(21-20-17)25-14-6-4-10-22(12-14)19(23)16-11-13-5-2-3-7-15(13)26-16/h2-3,5,7-9,11,14H,4,6,10,12H2,1H3. The van der Waals surface area contributed by atoms with Crippen LogP contribution in [-0.2, 0) is 0 Å². The summed E-state index contributed by atoms with van der Waals surface area (Å²) in [6.45, 7) is 1.31. The summed E-state index contributed by atoms with van der Waals surface area (Å²) in [5.74, 6) is 0.967. The Morgan fingerprint density at radius 2 is 2.00 bits per heavy atom. The van der Waals surface area contributed by atoms with Crippen molar-refractivity contribution >= 4 is 27.3 Å². The Hall–Kier alpha value is -2.67. The maximum atomic E-state index is 12.9. The second-order valence-corrected chi connectivity index (χ2v) is 7.28. The summed E-state index contributed by atoms with van der Waals surface area (Å²) in [5, 5.41) is 9.02. The van der Waals surface area contributed by atoms with E-state index in [0.29, 0.717) is 18.3 Å². The van der Waals surface area contributed by atoms with Gasteiger partial charge in [0.1, 0.15) is 6.10 Å². The van der Waals surface area contributed by atoms with Gasteiger partial charge >= 0.3 is 0 Å². The molecule has 1 aliphatic rings.